The molecule has 0 aliphatic carbocycles. The zero-order valence-electron chi connectivity index (χ0n) is 20.9. The van der Waals surface area contributed by atoms with E-state index in [0.717, 1.165) is 23.4 Å². The van der Waals surface area contributed by atoms with E-state index in [1.54, 1.807) is 11.0 Å². The molecule has 4 aromatic rings. The van der Waals surface area contributed by atoms with Crippen LogP contribution < -0.4 is 15.5 Å². The predicted molar refractivity (Wildman–Crippen MR) is 140 cm³/mol. The maximum absolute atomic E-state index is 13.5. The molecule has 2 aromatic heterocycles. The highest BCUT2D eigenvalue weighted by Gasteiger charge is 2.34. The zero-order chi connectivity index (χ0) is 27.7. The van der Waals surface area contributed by atoms with Gasteiger partial charge in [0, 0.05) is 30.4 Å². The van der Waals surface area contributed by atoms with Crippen LogP contribution in [0.1, 0.15) is 16.7 Å². The summed E-state index contributed by atoms with van der Waals surface area (Å²) in [5.74, 6) is -0.568. The van der Waals surface area contributed by atoms with Gasteiger partial charge in [-0.25, -0.2) is 9.98 Å². The Hall–Kier alpha value is -4.78. The zero-order valence-corrected chi connectivity index (χ0v) is 20.9. The first-order valence-corrected chi connectivity index (χ1v) is 12.4. The first-order valence-electron chi connectivity index (χ1n) is 12.4. The lowest BCUT2D eigenvalue weighted by molar-refractivity contribution is -0.137. The number of amides is 1. The Morgan fingerprint density at radius 2 is 1.75 bits per heavy atom. The number of nitrogens with zero attached hydrogens (tertiary/aromatic N) is 5. The van der Waals surface area contributed by atoms with Crippen LogP contribution in [0, 0.1) is 0 Å². The first kappa shape index (κ1) is 25.5. The van der Waals surface area contributed by atoms with E-state index in [-0.39, 0.29) is 23.3 Å². The minimum Gasteiger partial charge on any atom is -0.402 e. The number of ether oxygens (including phenoxy) is 1. The Morgan fingerprint density at radius 3 is 2.52 bits per heavy atom. The Labute approximate surface area is 225 Å². The summed E-state index contributed by atoms with van der Waals surface area (Å²) in [4.78, 5) is 23.6. The number of halogens is 3. The van der Waals surface area contributed by atoms with E-state index in [9.17, 15) is 18.0 Å². The van der Waals surface area contributed by atoms with Gasteiger partial charge in [0.2, 0.25) is 6.17 Å². The standard InChI is InChI=1S/C27H22F3N7O3/c28-27(29,30)17-14-20(37-10-12-39-13-11-37)22(31-15-17)25-35-36-26(40-25)34-23-24(38)32-19-9-5-4-8-18(19)21(33-23)16-6-2-1-3-7-16/h1-9,14-15,23H,10-13H2,(H,32,38)(H,34,36)/t23-/m0/s1. The number of alkyl halides is 3. The number of hydrogen-bond acceptors (Lipinski definition) is 9. The normalized spacial score (nSPS) is 17.5. The van der Waals surface area contributed by atoms with Crippen molar-refractivity contribution in [3.05, 3.63) is 83.6 Å². The fourth-order valence-electron chi connectivity index (χ4n) is 4.49. The van der Waals surface area contributed by atoms with Crippen LogP contribution in [0.2, 0.25) is 0 Å². The lowest BCUT2D eigenvalue weighted by atomic mass is 10.0. The summed E-state index contributed by atoms with van der Waals surface area (Å²) in [6.45, 7) is 1.45. The number of fused-ring (bicyclic) bond motifs is 1. The number of nitrogens with one attached hydrogen (secondary N) is 2. The molecule has 2 N–H and O–H groups in total. The van der Waals surface area contributed by atoms with Crippen molar-refractivity contribution in [2.24, 2.45) is 4.99 Å². The molecule has 10 nitrogen and oxygen atoms in total. The van der Waals surface area contributed by atoms with Crippen LogP contribution in [0.25, 0.3) is 11.6 Å². The molecule has 40 heavy (non-hydrogen) atoms. The Bertz CT molecular complexity index is 1570. The van der Waals surface area contributed by atoms with Crippen molar-refractivity contribution in [1.29, 1.82) is 0 Å². The minimum absolute atomic E-state index is 0.0849. The molecule has 2 aliphatic heterocycles. The topological polar surface area (TPSA) is 118 Å². The molecule has 1 atom stereocenters. The molecule has 13 heteroatoms. The molecule has 2 aromatic carbocycles. The van der Waals surface area contributed by atoms with Gasteiger partial charge in [-0.05, 0) is 12.1 Å². The molecule has 6 rings (SSSR count). The molecule has 0 bridgehead atoms. The van der Waals surface area contributed by atoms with Gasteiger partial charge in [0.15, 0.2) is 5.69 Å². The fourth-order valence-corrected chi connectivity index (χ4v) is 4.49. The second kappa shape index (κ2) is 10.4. The SMILES string of the molecule is O=C1Nc2ccccc2C(c2ccccc2)=N[C@H]1Nc1nnc(-c2ncc(C(F)(F)F)cc2N2CCOCC2)o1. The van der Waals surface area contributed by atoms with Crippen LogP contribution in [0.4, 0.5) is 30.6 Å². The number of morpholine rings is 1. The number of benzene rings is 2. The summed E-state index contributed by atoms with van der Waals surface area (Å²) < 4.78 is 51.5. The van der Waals surface area contributed by atoms with Crippen LogP contribution in [0.15, 0.2) is 76.3 Å². The Balaban J connectivity index is 1.34. The van der Waals surface area contributed by atoms with Crippen molar-refractivity contribution in [3.63, 3.8) is 0 Å². The van der Waals surface area contributed by atoms with E-state index >= 15 is 0 Å². The molecule has 204 valence electrons. The summed E-state index contributed by atoms with van der Waals surface area (Å²) in [6.07, 6.45) is -4.99. The lowest BCUT2D eigenvalue weighted by Crippen LogP contribution is -2.36. The third-order valence-corrected chi connectivity index (χ3v) is 6.43. The molecule has 1 saturated heterocycles. The maximum Gasteiger partial charge on any atom is 0.417 e. The van der Waals surface area contributed by atoms with Gasteiger partial charge in [0.1, 0.15) is 0 Å². The largest absolute Gasteiger partial charge is 0.417 e. The van der Waals surface area contributed by atoms with Gasteiger partial charge in [-0.1, -0.05) is 53.6 Å². The molecule has 1 fully saturated rings. The lowest BCUT2D eigenvalue weighted by Gasteiger charge is -2.30. The molecule has 0 radical (unpaired) electrons. The van der Waals surface area contributed by atoms with Crippen LogP contribution in [0.5, 0.6) is 0 Å². The van der Waals surface area contributed by atoms with E-state index < -0.39 is 23.8 Å². The van der Waals surface area contributed by atoms with Crippen molar-refractivity contribution in [2.75, 3.05) is 41.8 Å². The Morgan fingerprint density at radius 1 is 1.00 bits per heavy atom. The summed E-state index contributed by atoms with van der Waals surface area (Å²) >= 11 is 0. The molecule has 0 saturated carbocycles. The van der Waals surface area contributed by atoms with Gasteiger partial charge in [-0.15, -0.1) is 5.10 Å². The van der Waals surface area contributed by atoms with Crippen LogP contribution >= 0.6 is 0 Å². The van der Waals surface area contributed by atoms with E-state index in [4.69, 9.17) is 9.15 Å². The first-order chi connectivity index (χ1) is 19.4. The summed E-state index contributed by atoms with van der Waals surface area (Å²) in [7, 11) is 0. The summed E-state index contributed by atoms with van der Waals surface area (Å²) in [6, 6.07) is 17.6. The second-order valence-electron chi connectivity index (χ2n) is 9.03. The second-order valence-corrected chi connectivity index (χ2v) is 9.03. The fraction of sp³-hybridized carbons (Fsp3) is 0.222. The van der Waals surface area contributed by atoms with Gasteiger partial charge in [0.05, 0.1) is 35.9 Å². The van der Waals surface area contributed by atoms with E-state index in [1.165, 1.54) is 0 Å². The minimum atomic E-state index is -4.58. The van der Waals surface area contributed by atoms with Gasteiger partial charge < -0.3 is 24.7 Å². The molecular formula is C27H22F3N7O3. The molecule has 2 aliphatic rings. The maximum atomic E-state index is 13.5. The Kier molecular flexibility index (Phi) is 6.64. The highest BCUT2D eigenvalue weighted by molar-refractivity contribution is 6.19. The quantitative estimate of drug-likeness (QED) is 0.380. The summed E-state index contributed by atoms with van der Waals surface area (Å²) in [5.41, 5.74) is 2.09. The number of anilines is 3. The van der Waals surface area contributed by atoms with Gasteiger partial charge in [-0.2, -0.15) is 13.2 Å². The van der Waals surface area contributed by atoms with Crippen LogP contribution in [0.3, 0.4) is 0 Å². The van der Waals surface area contributed by atoms with E-state index in [1.807, 2.05) is 48.5 Å². The van der Waals surface area contributed by atoms with Gasteiger partial charge in [0.25, 0.3) is 11.8 Å². The smallest absolute Gasteiger partial charge is 0.402 e. The number of carbonyl (C=O) groups is 1. The monoisotopic (exact) mass is 549 g/mol. The summed E-state index contributed by atoms with van der Waals surface area (Å²) in [5, 5.41) is 13.7. The van der Waals surface area contributed by atoms with Crippen molar-refractivity contribution < 1.29 is 27.1 Å². The molecule has 4 heterocycles. The highest BCUT2D eigenvalue weighted by atomic mass is 19.4. The van der Waals surface area contributed by atoms with Gasteiger partial charge >= 0.3 is 12.2 Å². The van der Waals surface area contributed by atoms with Crippen LogP contribution in [-0.2, 0) is 15.7 Å². The average molecular weight is 550 g/mol. The van der Waals surface area contributed by atoms with Crippen molar-refractivity contribution in [2.45, 2.75) is 12.3 Å². The van der Waals surface area contributed by atoms with Crippen molar-refractivity contribution in [1.82, 2.24) is 15.2 Å². The number of carbonyl (C=O) groups excluding carboxylic acids is 1. The van der Waals surface area contributed by atoms with E-state index in [0.29, 0.717) is 37.7 Å². The third-order valence-electron chi connectivity index (χ3n) is 6.43. The average Bonchev–Trinajstić information content (AvgIpc) is 3.38. The number of aromatic nitrogens is 3. The molecule has 0 spiro atoms. The van der Waals surface area contributed by atoms with Crippen molar-refractivity contribution >= 4 is 29.0 Å². The molecule has 1 amide bonds. The number of para-hydroxylation sites is 1. The number of hydrogen-bond donors (Lipinski definition) is 2. The van der Waals surface area contributed by atoms with Crippen LogP contribution in [-0.4, -0.2) is 59.3 Å². The number of rotatable bonds is 5. The number of pyridine rings is 1. The van der Waals surface area contributed by atoms with Gasteiger partial charge in [-0.3, -0.25) is 4.79 Å². The predicted octanol–water partition coefficient (Wildman–Crippen LogP) is 4.21. The van der Waals surface area contributed by atoms with Crippen molar-refractivity contribution in [3.8, 4) is 11.6 Å². The van der Waals surface area contributed by atoms with E-state index in [2.05, 4.69) is 30.8 Å². The third kappa shape index (κ3) is 5.10. The highest BCUT2D eigenvalue weighted by Crippen LogP contribution is 2.36. The molecular weight excluding hydrogens is 527 g/mol. The number of aliphatic imine (C=N–C) groups is 1. The number of benzodiazepines with no additional fused rings is 1. The molecule has 0 unspecified atom stereocenters.